The number of rotatable bonds is 5. The molecule has 2 aromatic heterocycles. The van der Waals surface area contributed by atoms with Gasteiger partial charge in [0.15, 0.2) is 5.13 Å². The number of amides is 2. The van der Waals surface area contributed by atoms with E-state index in [9.17, 15) is 9.59 Å². The first-order valence-corrected chi connectivity index (χ1v) is 9.45. The van der Waals surface area contributed by atoms with Crippen LogP contribution in [0.15, 0.2) is 17.6 Å². The average molecular weight is 396 g/mol. The van der Waals surface area contributed by atoms with Crippen LogP contribution in [0.5, 0.6) is 0 Å². The summed E-state index contributed by atoms with van der Waals surface area (Å²) in [6, 6.07) is 1.66. The van der Waals surface area contributed by atoms with Crippen LogP contribution in [-0.4, -0.2) is 34.9 Å². The Morgan fingerprint density at radius 1 is 1.31 bits per heavy atom. The number of hydrogen-bond acceptors (Lipinski definition) is 5. The van der Waals surface area contributed by atoms with E-state index in [0.717, 1.165) is 30.8 Å². The third-order valence-corrected chi connectivity index (χ3v) is 5.90. The number of carbonyl (C=O) groups excluding carboxylic acids is 2. The molecule has 5 N–H and O–H groups in total. The minimum absolute atomic E-state index is 0. The minimum atomic E-state index is -0.507. The number of hydrogen-bond donors (Lipinski definition) is 4. The van der Waals surface area contributed by atoms with Gasteiger partial charge in [-0.15, -0.1) is 23.7 Å². The van der Waals surface area contributed by atoms with E-state index < -0.39 is 5.91 Å². The molecule has 2 amide bonds. The average Bonchev–Trinajstić information content (AvgIpc) is 3.03. The molecule has 140 valence electrons. The second-order valence-electron chi connectivity index (χ2n) is 6.79. The van der Waals surface area contributed by atoms with E-state index >= 15 is 0 Å². The van der Waals surface area contributed by atoms with Crippen molar-refractivity contribution < 1.29 is 9.59 Å². The van der Waals surface area contributed by atoms with Gasteiger partial charge in [-0.2, -0.15) is 0 Å². The van der Waals surface area contributed by atoms with Gasteiger partial charge in [0.25, 0.3) is 5.91 Å². The largest absolute Gasteiger partial charge is 0.364 e. The Labute approximate surface area is 161 Å². The van der Waals surface area contributed by atoms with Crippen molar-refractivity contribution in [2.45, 2.75) is 19.3 Å². The van der Waals surface area contributed by atoms with Crippen LogP contribution in [-0.2, 0) is 4.79 Å². The number of aromatic nitrogens is 2. The number of anilines is 1. The third-order valence-electron chi connectivity index (χ3n) is 5.14. The molecule has 7 nitrogen and oxygen atoms in total. The molecule has 1 aliphatic carbocycles. The highest BCUT2D eigenvalue weighted by atomic mass is 35.5. The van der Waals surface area contributed by atoms with Crippen LogP contribution in [0, 0.1) is 17.8 Å². The predicted octanol–water partition coefficient (Wildman–Crippen LogP) is 2.23. The van der Waals surface area contributed by atoms with Crippen molar-refractivity contribution in [3.63, 3.8) is 0 Å². The standard InChI is InChI=1S/C17H21N5O2S.ClH/c18-15(23)13-5-10(7-20-13)14-8-25-17(21-14)22-16(24)12-6-11(12)9-1-3-19-4-2-9;/h5,7-9,11-12,19-20H,1-4,6H2,(H2,18,23)(H,21,22,24);1H/t11-,12+;/m0./s1. The molecular weight excluding hydrogens is 374 g/mol. The molecule has 1 saturated carbocycles. The lowest BCUT2D eigenvalue weighted by Crippen LogP contribution is -2.29. The molecule has 2 fully saturated rings. The highest BCUT2D eigenvalue weighted by Crippen LogP contribution is 2.48. The molecule has 0 radical (unpaired) electrons. The number of H-pyrrole nitrogens is 1. The number of carbonyl (C=O) groups is 2. The van der Waals surface area contributed by atoms with Crippen molar-refractivity contribution in [1.82, 2.24) is 15.3 Å². The van der Waals surface area contributed by atoms with E-state index in [1.165, 1.54) is 24.2 Å². The zero-order valence-electron chi connectivity index (χ0n) is 14.2. The van der Waals surface area contributed by atoms with E-state index in [1.807, 2.05) is 5.38 Å². The Hall–Kier alpha value is -1.90. The second-order valence-corrected chi connectivity index (χ2v) is 7.65. The zero-order valence-corrected chi connectivity index (χ0v) is 15.8. The lowest BCUT2D eigenvalue weighted by Gasteiger charge is -2.22. The Balaban J connectivity index is 0.00000196. The van der Waals surface area contributed by atoms with Crippen LogP contribution in [0.4, 0.5) is 5.13 Å². The number of piperidine rings is 1. The summed E-state index contributed by atoms with van der Waals surface area (Å²) in [7, 11) is 0. The van der Waals surface area contributed by atoms with E-state index in [2.05, 4.69) is 20.6 Å². The summed E-state index contributed by atoms with van der Waals surface area (Å²) >= 11 is 1.39. The lowest BCUT2D eigenvalue weighted by molar-refractivity contribution is -0.117. The molecular formula is C17H22ClN5O2S. The Morgan fingerprint density at radius 3 is 2.77 bits per heavy atom. The van der Waals surface area contributed by atoms with Crippen LogP contribution in [0.25, 0.3) is 11.3 Å². The minimum Gasteiger partial charge on any atom is -0.364 e. The number of thiazole rings is 1. The summed E-state index contributed by atoms with van der Waals surface area (Å²) in [5, 5.41) is 8.77. The highest BCUT2D eigenvalue weighted by Gasteiger charge is 2.47. The Kier molecular flexibility index (Phi) is 5.64. The molecule has 2 aliphatic rings. The molecule has 9 heteroatoms. The summed E-state index contributed by atoms with van der Waals surface area (Å²) < 4.78 is 0. The van der Waals surface area contributed by atoms with E-state index in [-0.39, 0.29) is 24.2 Å². The maximum Gasteiger partial charge on any atom is 0.265 e. The maximum absolute atomic E-state index is 12.4. The summed E-state index contributed by atoms with van der Waals surface area (Å²) in [6.07, 6.45) is 5.03. The summed E-state index contributed by atoms with van der Waals surface area (Å²) in [4.78, 5) is 30.9. The monoisotopic (exact) mass is 395 g/mol. The quantitative estimate of drug-likeness (QED) is 0.621. The van der Waals surface area contributed by atoms with Crippen LogP contribution in [0.2, 0.25) is 0 Å². The second kappa shape index (κ2) is 7.77. The molecule has 26 heavy (non-hydrogen) atoms. The van der Waals surface area contributed by atoms with Crippen molar-refractivity contribution in [1.29, 1.82) is 0 Å². The number of halogens is 1. The van der Waals surface area contributed by atoms with Crippen molar-refractivity contribution in [2.75, 3.05) is 18.4 Å². The van der Waals surface area contributed by atoms with Crippen LogP contribution in [0.3, 0.4) is 0 Å². The van der Waals surface area contributed by atoms with E-state index in [4.69, 9.17) is 5.73 Å². The summed E-state index contributed by atoms with van der Waals surface area (Å²) in [5.74, 6) is 0.911. The van der Waals surface area contributed by atoms with Gasteiger partial charge < -0.3 is 21.4 Å². The molecule has 1 aliphatic heterocycles. The van der Waals surface area contributed by atoms with Crippen LogP contribution in [0.1, 0.15) is 29.8 Å². The molecule has 0 unspecified atom stereocenters. The molecule has 4 rings (SSSR count). The van der Waals surface area contributed by atoms with E-state index in [0.29, 0.717) is 22.7 Å². The molecule has 0 aromatic carbocycles. The molecule has 1 saturated heterocycles. The van der Waals surface area contributed by atoms with Gasteiger partial charge in [-0.05, 0) is 50.3 Å². The first-order valence-electron chi connectivity index (χ1n) is 8.57. The lowest BCUT2D eigenvalue weighted by atomic mass is 9.92. The molecule has 0 bridgehead atoms. The predicted molar refractivity (Wildman–Crippen MR) is 103 cm³/mol. The molecule has 0 spiro atoms. The van der Waals surface area contributed by atoms with Crippen LogP contribution < -0.4 is 16.4 Å². The van der Waals surface area contributed by atoms with Crippen molar-refractivity contribution >= 4 is 40.7 Å². The van der Waals surface area contributed by atoms with E-state index in [1.54, 1.807) is 12.3 Å². The normalized spacial score (nSPS) is 22.5. The summed E-state index contributed by atoms with van der Waals surface area (Å²) in [5.41, 5.74) is 7.09. The Bertz CT molecular complexity index is 799. The van der Waals surface area contributed by atoms with Gasteiger partial charge in [-0.1, -0.05) is 0 Å². The first kappa shape index (κ1) is 18.9. The van der Waals surface area contributed by atoms with Crippen LogP contribution >= 0.6 is 23.7 Å². The van der Waals surface area contributed by atoms with Gasteiger partial charge >= 0.3 is 0 Å². The SMILES string of the molecule is Cl.NC(=O)c1cc(-c2csc(NC(=O)[C@@H]3C[C@H]3C3CCNCC3)n2)c[nH]1. The highest BCUT2D eigenvalue weighted by molar-refractivity contribution is 7.14. The van der Waals surface area contributed by atoms with Crippen molar-refractivity contribution in [2.24, 2.45) is 23.5 Å². The van der Waals surface area contributed by atoms with Gasteiger partial charge in [0.05, 0.1) is 5.69 Å². The number of primary amides is 1. The first-order chi connectivity index (χ1) is 12.1. The number of nitrogens with zero attached hydrogens (tertiary/aromatic N) is 1. The van der Waals surface area contributed by atoms with Gasteiger partial charge in [-0.25, -0.2) is 4.98 Å². The maximum atomic E-state index is 12.4. The third kappa shape index (κ3) is 3.92. The topological polar surface area (TPSA) is 113 Å². The number of aromatic amines is 1. The van der Waals surface area contributed by atoms with Gasteiger partial charge in [0.1, 0.15) is 5.69 Å². The van der Waals surface area contributed by atoms with Crippen molar-refractivity contribution in [3.8, 4) is 11.3 Å². The fourth-order valence-electron chi connectivity index (χ4n) is 3.66. The van der Waals surface area contributed by atoms with Gasteiger partial charge in [-0.3, -0.25) is 9.59 Å². The molecule has 2 atom stereocenters. The number of nitrogens with two attached hydrogens (primary N) is 1. The van der Waals surface area contributed by atoms with Crippen molar-refractivity contribution in [3.05, 3.63) is 23.3 Å². The molecule has 3 heterocycles. The Morgan fingerprint density at radius 2 is 2.08 bits per heavy atom. The summed E-state index contributed by atoms with van der Waals surface area (Å²) in [6.45, 7) is 2.13. The number of nitrogens with one attached hydrogen (secondary N) is 3. The van der Waals surface area contributed by atoms with Gasteiger partial charge in [0.2, 0.25) is 5.91 Å². The smallest absolute Gasteiger partial charge is 0.265 e. The zero-order chi connectivity index (χ0) is 17.4. The fraction of sp³-hybridized carbons (Fsp3) is 0.471. The van der Waals surface area contributed by atoms with Gasteiger partial charge in [0, 0.05) is 23.1 Å². The molecule has 2 aromatic rings. The fourth-order valence-corrected chi connectivity index (χ4v) is 4.38.